The quantitative estimate of drug-likeness (QED) is 0.639. The van der Waals surface area contributed by atoms with Crippen LogP contribution >= 0.6 is 11.3 Å². The van der Waals surface area contributed by atoms with Gasteiger partial charge in [-0.15, -0.1) is 0 Å². The maximum atomic E-state index is 3.65. The molecule has 0 saturated heterocycles. The lowest BCUT2D eigenvalue weighted by Gasteiger charge is -1.93. The Kier molecular flexibility index (Phi) is 1.92. The number of hydrogen-bond donors (Lipinski definition) is 1. The van der Waals surface area contributed by atoms with Crippen LogP contribution in [0, 0.1) is 6.92 Å². The van der Waals surface area contributed by atoms with Gasteiger partial charge in [0.1, 0.15) is 0 Å². The summed E-state index contributed by atoms with van der Waals surface area (Å²) in [5.41, 5.74) is 1.17. The van der Waals surface area contributed by atoms with Crippen molar-refractivity contribution in [3.8, 4) is 0 Å². The Hall–Kier alpha value is -0.500. The molecule has 1 rings (SSSR count). The fraction of sp³-hybridized carbons (Fsp3) is 0.167. The lowest BCUT2D eigenvalue weighted by Crippen LogP contribution is -1.93. The molecule has 1 aromatic rings. The monoisotopic (exact) mass is 126 g/mol. The molecule has 43 valence electrons. The highest BCUT2D eigenvalue weighted by molar-refractivity contribution is 7.08. The molecule has 1 nitrogen and oxygen atoms in total. The molecule has 1 N–H and O–H groups in total. The molecule has 0 spiro atoms. The molecule has 0 aromatic carbocycles. The third-order valence-electron chi connectivity index (χ3n) is 0.850. The van der Waals surface area contributed by atoms with Gasteiger partial charge in [-0.2, -0.15) is 11.3 Å². The van der Waals surface area contributed by atoms with Crippen molar-refractivity contribution in [2.45, 2.75) is 0 Å². The molecule has 0 aliphatic heterocycles. The number of rotatable bonds is 2. The Morgan fingerprint density at radius 2 is 2.62 bits per heavy atom. The Labute approximate surface area is 53.4 Å². The van der Waals surface area contributed by atoms with E-state index in [-0.39, 0.29) is 0 Å². The van der Waals surface area contributed by atoms with Crippen LogP contribution in [0.1, 0.15) is 0 Å². The molecule has 2 heteroatoms. The highest BCUT2D eigenvalue weighted by atomic mass is 32.1. The fourth-order valence-electron chi connectivity index (χ4n) is 0.509. The van der Waals surface area contributed by atoms with Gasteiger partial charge in [-0.1, -0.05) is 0 Å². The van der Waals surface area contributed by atoms with Gasteiger partial charge >= 0.3 is 0 Å². The number of thiophene rings is 1. The van der Waals surface area contributed by atoms with E-state index in [1.807, 2.05) is 11.4 Å². The first kappa shape index (κ1) is 5.63. The van der Waals surface area contributed by atoms with Gasteiger partial charge in [0.2, 0.25) is 0 Å². The summed E-state index contributed by atoms with van der Waals surface area (Å²) < 4.78 is 0. The summed E-state index contributed by atoms with van der Waals surface area (Å²) in [6.45, 7) is 4.41. The van der Waals surface area contributed by atoms with Crippen molar-refractivity contribution >= 4 is 17.0 Å². The van der Waals surface area contributed by atoms with Crippen molar-refractivity contribution in [1.82, 2.24) is 0 Å². The van der Waals surface area contributed by atoms with Gasteiger partial charge < -0.3 is 5.32 Å². The number of hydrogen-bond acceptors (Lipinski definition) is 2. The zero-order valence-corrected chi connectivity index (χ0v) is 5.37. The van der Waals surface area contributed by atoms with Crippen LogP contribution in [0.2, 0.25) is 0 Å². The minimum atomic E-state index is 0.761. The van der Waals surface area contributed by atoms with Crippen LogP contribution in [0.4, 0.5) is 5.69 Å². The van der Waals surface area contributed by atoms with E-state index in [2.05, 4.69) is 17.6 Å². The summed E-state index contributed by atoms with van der Waals surface area (Å²) in [6, 6.07) is 2.04. The van der Waals surface area contributed by atoms with Gasteiger partial charge in [-0.25, -0.2) is 0 Å². The maximum Gasteiger partial charge on any atom is 0.0448 e. The molecule has 8 heavy (non-hydrogen) atoms. The molecular weight excluding hydrogens is 118 g/mol. The smallest absolute Gasteiger partial charge is 0.0448 e. The number of anilines is 1. The van der Waals surface area contributed by atoms with Gasteiger partial charge in [0, 0.05) is 17.6 Å². The molecule has 1 heterocycles. The van der Waals surface area contributed by atoms with E-state index in [0.717, 1.165) is 6.54 Å². The molecule has 0 aliphatic rings. The highest BCUT2D eigenvalue weighted by Gasteiger charge is 1.83. The molecule has 0 saturated carbocycles. The summed E-state index contributed by atoms with van der Waals surface area (Å²) in [5.74, 6) is 0. The van der Waals surface area contributed by atoms with Crippen LogP contribution < -0.4 is 5.32 Å². The van der Waals surface area contributed by atoms with Crippen molar-refractivity contribution in [2.75, 3.05) is 11.9 Å². The van der Waals surface area contributed by atoms with Crippen molar-refractivity contribution in [1.29, 1.82) is 0 Å². The maximum absolute atomic E-state index is 3.65. The van der Waals surface area contributed by atoms with E-state index in [1.165, 1.54) is 5.69 Å². The fourth-order valence-corrected chi connectivity index (χ4v) is 1.12. The third kappa shape index (κ3) is 1.23. The van der Waals surface area contributed by atoms with E-state index in [9.17, 15) is 0 Å². The molecule has 1 radical (unpaired) electrons. The summed E-state index contributed by atoms with van der Waals surface area (Å²) in [7, 11) is 0. The number of nitrogens with one attached hydrogen (secondary N) is 1. The second-order valence-corrected chi connectivity index (χ2v) is 2.22. The lowest BCUT2D eigenvalue weighted by molar-refractivity contribution is 1.35. The average Bonchev–Trinajstić information content (AvgIpc) is 2.19. The van der Waals surface area contributed by atoms with Crippen LogP contribution in [0.5, 0.6) is 0 Å². The summed E-state index contributed by atoms with van der Waals surface area (Å²) >= 11 is 1.69. The van der Waals surface area contributed by atoms with E-state index in [1.54, 1.807) is 11.3 Å². The molecule has 0 aliphatic carbocycles. The van der Waals surface area contributed by atoms with E-state index in [0.29, 0.717) is 0 Å². The van der Waals surface area contributed by atoms with Crippen LogP contribution in [0.15, 0.2) is 16.8 Å². The molecule has 1 aromatic heterocycles. The van der Waals surface area contributed by atoms with Crippen LogP contribution in [-0.4, -0.2) is 6.54 Å². The minimum Gasteiger partial charge on any atom is -0.384 e. The molecule has 0 unspecified atom stereocenters. The summed E-state index contributed by atoms with van der Waals surface area (Å²) in [5, 5.41) is 7.19. The second kappa shape index (κ2) is 2.72. The zero-order valence-electron chi connectivity index (χ0n) is 4.55. The lowest BCUT2D eigenvalue weighted by atomic mass is 10.5. The Morgan fingerprint density at radius 3 is 3.12 bits per heavy atom. The molecule has 0 fully saturated rings. The Bertz CT molecular complexity index is 134. The average molecular weight is 126 g/mol. The van der Waals surface area contributed by atoms with E-state index >= 15 is 0 Å². The minimum absolute atomic E-state index is 0.761. The topological polar surface area (TPSA) is 12.0 Å². The summed E-state index contributed by atoms with van der Waals surface area (Å²) in [4.78, 5) is 0. The molecule has 0 amide bonds. The largest absolute Gasteiger partial charge is 0.384 e. The van der Waals surface area contributed by atoms with Gasteiger partial charge in [0.15, 0.2) is 0 Å². The van der Waals surface area contributed by atoms with Gasteiger partial charge in [0.05, 0.1) is 0 Å². The van der Waals surface area contributed by atoms with Crippen molar-refractivity contribution in [2.24, 2.45) is 0 Å². The highest BCUT2D eigenvalue weighted by Crippen LogP contribution is 2.10. The standard InChI is InChI=1S/C6H8NS/c1-2-7-6-3-4-8-5-6/h3-5,7H,1-2H2. The normalized spacial score (nSPS) is 9.12. The second-order valence-electron chi connectivity index (χ2n) is 1.44. The van der Waals surface area contributed by atoms with E-state index in [4.69, 9.17) is 0 Å². The first-order valence-electron chi connectivity index (χ1n) is 2.49. The predicted molar refractivity (Wildman–Crippen MR) is 38.2 cm³/mol. The van der Waals surface area contributed by atoms with E-state index < -0.39 is 0 Å². The van der Waals surface area contributed by atoms with Crippen LogP contribution in [0.25, 0.3) is 0 Å². The molecular formula is C6H8NS. The summed E-state index contributed by atoms with van der Waals surface area (Å²) in [6.07, 6.45) is 0. The first-order valence-corrected chi connectivity index (χ1v) is 3.43. The van der Waals surface area contributed by atoms with Gasteiger partial charge in [-0.05, 0) is 18.4 Å². The predicted octanol–water partition coefficient (Wildman–Crippen LogP) is 1.99. The van der Waals surface area contributed by atoms with Gasteiger partial charge in [0.25, 0.3) is 0 Å². The Morgan fingerprint density at radius 1 is 1.75 bits per heavy atom. The Balaban J connectivity index is 2.50. The van der Waals surface area contributed by atoms with Gasteiger partial charge in [-0.3, -0.25) is 0 Å². The van der Waals surface area contributed by atoms with Crippen molar-refractivity contribution < 1.29 is 0 Å². The third-order valence-corrected chi connectivity index (χ3v) is 1.53. The van der Waals surface area contributed by atoms with Crippen molar-refractivity contribution in [3.05, 3.63) is 23.8 Å². The molecule has 0 bridgehead atoms. The van der Waals surface area contributed by atoms with Crippen LogP contribution in [0.3, 0.4) is 0 Å². The zero-order chi connectivity index (χ0) is 5.82. The first-order chi connectivity index (χ1) is 3.93. The van der Waals surface area contributed by atoms with Crippen LogP contribution in [-0.2, 0) is 0 Å². The SMILES string of the molecule is [CH2]CNc1ccsc1. The molecule has 0 atom stereocenters. The van der Waals surface area contributed by atoms with Crippen molar-refractivity contribution in [3.63, 3.8) is 0 Å².